The van der Waals surface area contributed by atoms with Crippen LogP contribution < -0.4 is 9.80 Å². The molecule has 5 aromatic carbocycles. The molecule has 310 valence electrons. The van der Waals surface area contributed by atoms with Gasteiger partial charge in [0.2, 0.25) is 23.6 Å². The van der Waals surface area contributed by atoms with Crippen LogP contribution in [-0.4, -0.2) is 46.6 Å². The van der Waals surface area contributed by atoms with Gasteiger partial charge in [-0.3, -0.25) is 0 Å². The summed E-state index contributed by atoms with van der Waals surface area (Å²) >= 11 is 0. The lowest BCUT2D eigenvalue weighted by Gasteiger charge is -2.23. The zero-order valence-electron chi connectivity index (χ0n) is 35.2. The van der Waals surface area contributed by atoms with Crippen molar-refractivity contribution < 1.29 is 8.83 Å². The molecule has 0 amide bonds. The second kappa shape index (κ2) is 20.4. The fraction of sp³-hybridized carbons (Fsp3) is 0.250. The molecule has 0 aliphatic carbocycles. The third kappa shape index (κ3) is 10.5. The minimum Gasteiger partial charge on any atom is -0.416 e. The van der Waals surface area contributed by atoms with Crippen LogP contribution >= 0.6 is 0 Å². The lowest BCUT2D eigenvalue weighted by atomic mass is 10.1. The van der Waals surface area contributed by atoms with Crippen molar-refractivity contribution in [3.63, 3.8) is 0 Å². The minimum atomic E-state index is 0.376. The van der Waals surface area contributed by atoms with Gasteiger partial charge in [0, 0.05) is 59.8 Å². The van der Waals surface area contributed by atoms with Crippen LogP contribution in [0.5, 0.6) is 0 Å². The summed E-state index contributed by atoms with van der Waals surface area (Å²) < 4.78 is 12.1. The van der Waals surface area contributed by atoms with E-state index in [0.717, 1.165) is 82.1 Å². The van der Waals surface area contributed by atoms with Crippen LogP contribution in [0.15, 0.2) is 138 Å². The molecular weight excluding hydrogens is 777 g/mol. The molecule has 2 aromatic heterocycles. The van der Waals surface area contributed by atoms with Crippen molar-refractivity contribution in [1.29, 1.82) is 10.5 Å². The van der Waals surface area contributed by atoms with Crippen molar-refractivity contribution in [2.24, 2.45) is 20.5 Å². The Kier molecular flexibility index (Phi) is 13.9. The normalized spacial score (nSPS) is 11.3. The van der Waals surface area contributed by atoms with Crippen LogP contribution in [0.3, 0.4) is 0 Å². The third-order valence-corrected chi connectivity index (χ3v) is 10.1. The summed E-state index contributed by atoms with van der Waals surface area (Å²) in [6, 6.07) is 39.0. The highest BCUT2D eigenvalue weighted by Gasteiger charge is 2.15. The summed E-state index contributed by atoms with van der Waals surface area (Å²) in [6.45, 7) is 11.5. The predicted octanol–water partition coefficient (Wildman–Crippen LogP) is 12.8. The van der Waals surface area contributed by atoms with Gasteiger partial charge in [0.25, 0.3) is 0 Å². The van der Waals surface area contributed by atoms with E-state index in [0.29, 0.717) is 60.9 Å². The van der Waals surface area contributed by atoms with Gasteiger partial charge in [0.15, 0.2) is 0 Å². The standard InChI is InChI=1S/C48H46N12O2/c1-5-27-59(29-7-25-49)41-21-23-43(33(3)31-41)53-51-39-17-13-37(14-18-39)47-57-55-45(61-47)35-9-11-36(12-10-35)46-56-58-48(62-46)38-15-19-40(20-16-38)52-54-44-24-22-42(32-34(44)4)60(28-6-2)30-8-26-50/h9-24,31-32H,5-8,27-30H2,1-4H3. The number of aryl methyl sites for hydroxylation is 2. The molecule has 0 radical (unpaired) electrons. The Morgan fingerprint density at radius 2 is 0.806 bits per heavy atom. The number of hydrogen-bond donors (Lipinski definition) is 0. The lowest BCUT2D eigenvalue weighted by Crippen LogP contribution is -2.25. The largest absolute Gasteiger partial charge is 0.416 e. The summed E-state index contributed by atoms with van der Waals surface area (Å²) in [5, 5.41) is 53.0. The molecular formula is C48H46N12O2. The van der Waals surface area contributed by atoms with E-state index in [1.165, 1.54) is 0 Å². The fourth-order valence-electron chi connectivity index (χ4n) is 6.78. The van der Waals surface area contributed by atoms with E-state index in [1.807, 2.05) is 111 Å². The molecule has 0 aliphatic rings. The molecule has 0 fully saturated rings. The molecule has 0 saturated heterocycles. The monoisotopic (exact) mass is 822 g/mol. The molecule has 7 rings (SSSR count). The Balaban J connectivity index is 0.946. The van der Waals surface area contributed by atoms with Gasteiger partial charge < -0.3 is 18.6 Å². The zero-order chi connectivity index (χ0) is 43.3. The van der Waals surface area contributed by atoms with Crippen molar-refractivity contribution in [2.45, 2.75) is 53.4 Å². The highest BCUT2D eigenvalue weighted by Crippen LogP contribution is 2.32. The molecule has 2 heterocycles. The average Bonchev–Trinajstić information content (AvgIpc) is 4.01. The maximum absolute atomic E-state index is 9.04. The molecule has 0 unspecified atom stereocenters. The highest BCUT2D eigenvalue weighted by molar-refractivity contribution is 5.65. The van der Waals surface area contributed by atoms with Gasteiger partial charge in [0.1, 0.15) is 0 Å². The predicted molar refractivity (Wildman–Crippen MR) is 240 cm³/mol. The van der Waals surface area contributed by atoms with Crippen LogP contribution in [0, 0.1) is 36.5 Å². The Morgan fingerprint density at radius 1 is 0.468 bits per heavy atom. The zero-order valence-corrected chi connectivity index (χ0v) is 35.2. The first-order valence-corrected chi connectivity index (χ1v) is 20.6. The molecule has 7 aromatic rings. The number of rotatable bonds is 18. The number of benzene rings is 5. The molecule has 0 N–H and O–H groups in total. The Bertz CT molecular complexity index is 2540. The number of aromatic nitrogens is 4. The molecule has 0 bridgehead atoms. The van der Waals surface area contributed by atoms with E-state index in [1.54, 1.807) is 0 Å². The quantitative estimate of drug-likeness (QED) is 0.0755. The summed E-state index contributed by atoms with van der Waals surface area (Å²) in [5.41, 5.74) is 10.1. The first kappa shape index (κ1) is 42.3. The first-order chi connectivity index (χ1) is 30.3. The average molecular weight is 823 g/mol. The van der Waals surface area contributed by atoms with Crippen molar-refractivity contribution in [2.75, 3.05) is 36.0 Å². The number of hydrogen-bond acceptors (Lipinski definition) is 14. The summed E-state index contributed by atoms with van der Waals surface area (Å²) in [6.07, 6.45) is 2.97. The number of azo groups is 2. The van der Waals surface area contributed by atoms with Crippen molar-refractivity contribution >= 4 is 34.1 Å². The van der Waals surface area contributed by atoms with Crippen LogP contribution in [-0.2, 0) is 0 Å². The fourth-order valence-corrected chi connectivity index (χ4v) is 6.78. The second-order valence-corrected chi connectivity index (χ2v) is 14.6. The second-order valence-electron chi connectivity index (χ2n) is 14.6. The molecule has 14 heteroatoms. The van der Waals surface area contributed by atoms with Gasteiger partial charge in [-0.2, -0.15) is 31.0 Å². The van der Waals surface area contributed by atoms with Crippen LogP contribution in [0.1, 0.15) is 50.7 Å². The maximum atomic E-state index is 9.04. The van der Waals surface area contributed by atoms with E-state index in [9.17, 15) is 0 Å². The van der Waals surface area contributed by atoms with Gasteiger partial charge in [-0.25, -0.2) is 0 Å². The Morgan fingerprint density at radius 3 is 1.11 bits per heavy atom. The smallest absolute Gasteiger partial charge is 0.248 e. The maximum Gasteiger partial charge on any atom is 0.248 e. The van der Waals surface area contributed by atoms with E-state index < -0.39 is 0 Å². The van der Waals surface area contributed by atoms with Crippen molar-refractivity contribution in [1.82, 2.24) is 20.4 Å². The van der Waals surface area contributed by atoms with Gasteiger partial charge in [-0.15, -0.1) is 20.4 Å². The van der Waals surface area contributed by atoms with Crippen LogP contribution in [0.25, 0.3) is 45.8 Å². The van der Waals surface area contributed by atoms with Gasteiger partial charge in [-0.1, -0.05) is 13.8 Å². The minimum absolute atomic E-state index is 0.376. The molecule has 0 saturated carbocycles. The first-order valence-electron chi connectivity index (χ1n) is 20.6. The highest BCUT2D eigenvalue weighted by atomic mass is 16.4. The summed E-state index contributed by atoms with van der Waals surface area (Å²) in [4.78, 5) is 4.45. The number of nitrogens with zero attached hydrogens (tertiary/aromatic N) is 12. The lowest BCUT2D eigenvalue weighted by molar-refractivity contribution is 0.582. The number of anilines is 2. The third-order valence-electron chi connectivity index (χ3n) is 10.1. The van der Waals surface area contributed by atoms with Gasteiger partial charge in [0.05, 0.1) is 47.7 Å². The van der Waals surface area contributed by atoms with Crippen LogP contribution in [0.4, 0.5) is 34.1 Å². The van der Waals surface area contributed by atoms with E-state index >= 15 is 0 Å². The Hall–Kier alpha value is -7.84. The summed E-state index contributed by atoms with van der Waals surface area (Å²) in [7, 11) is 0. The molecule has 0 atom stereocenters. The molecule has 62 heavy (non-hydrogen) atoms. The van der Waals surface area contributed by atoms with E-state index in [-0.39, 0.29) is 0 Å². The van der Waals surface area contributed by atoms with Crippen molar-refractivity contribution in [3.05, 3.63) is 120 Å². The van der Waals surface area contributed by atoms with E-state index in [2.05, 4.69) is 88.8 Å². The van der Waals surface area contributed by atoms with Gasteiger partial charge >= 0.3 is 0 Å². The number of nitriles is 2. The SMILES string of the molecule is CCCN(CCC#N)c1ccc(N=Nc2ccc(-c3nnc(-c4ccc(-c5nnc(-c6ccc(N=Nc7ccc(N(CCC)CCC#N)cc7C)cc6)o5)cc4)o3)cc2)c(C)c1. The summed E-state index contributed by atoms with van der Waals surface area (Å²) in [5.74, 6) is 1.52. The van der Waals surface area contributed by atoms with Gasteiger partial charge in [-0.05, 0) is 147 Å². The molecule has 14 nitrogen and oxygen atoms in total. The van der Waals surface area contributed by atoms with Crippen LogP contribution in [0.2, 0.25) is 0 Å². The molecule has 0 aliphatic heterocycles. The molecule has 0 spiro atoms. The van der Waals surface area contributed by atoms with Crippen molar-refractivity contribution in [3.8, 4) is 58.0 Å². The van der Waals surface area contributed by atoms with E-state index in [4.69, 9.17) is 19.4 Å². The topological polar surface area (TPSA) is 181 Å². The Labute approximate surface area is 360 Å².